The van der Waals surface area contributed by atoms with Gasteiger partial charge in [-0.3, -0.25) is 0 Å². The molecule has 2 aromatic heterocycles. The molecule has 6 heteroatoms. The predicted molar refractivity (Wildman–Crippen MR) is 91.6 cm³/mol. The van der Waals surface area contributed by atoms with Gasteiger partial charge in [-0.05, 0) is 24.1 Å². The maximum absolute atomic E-state index is 5.61. The fourth-order valence-electron chi connectivity index (χ4n) is 2.19. The van der Waals surface area contributed by atoms with Crippen LogP contribution in [0.2, 0.25) is 0 Å². The molecule has 0 unspecified atom stereocenters. The van der Waals surface area contributed by atoms with Crippen molar-refractivity contribution in [2.45, 2.75) is 19.8 Å². The van der Waals surface area contributed by atoms with Crippen LogP contribution in [0, 0.1) is 0 Å². The molecule has 3 N–H and O–H groups in total. The summed E-state index contributed by atoms with van der Waals surface area (Å²) >= 11 is 5.26. The van der Waals surface area contributed by atoms with Crippen molar-refractivity contribution in [1.82, 2.24) is 9.97 Å². The second-order valence-electron chi connectivity index (χ2n) is 4.69. The van der Waals surface area contributed by atoms with Crippen LogP contribution in [-0.4, -0.2) is 9.97 Å². The van der Waals surface area contributed by atoms with Gasteiger partial charge in [0.25, 0.3) is 0 Å². The van der Waals surface area contributed by atoms with Crippen LogP contribution in [0.15, 0.2) is 34.8 Å². The van der Waals surface area contributed by atoms with Crippen LogP contribution in [0.1, 0.15) is 23.2 Å². The Morgan fingerprint density at radius 2 is 2.10 bits per heavy atom. The van der Waals surface area contributed by atoms with E-state index in [1.165, 1.54) is 4.88 Å². The molecular weight excluding hydrogens is 348 g/mol. The molecule has 1 aromatic carbocycles. The number of thiophene rings is 1. The van der Waals surface area contributed by atoms with E-state index < -0.39 is 0 Å². The van der Waals surface area contributed by atoms with Crippen molar-refractivity contribution in [3.63, 3.8) is 0 Å². The highest BCUT2D eigenvalue weighted by Gasteiger charge is 2.12. The average molecular weight is 363 g/mol. The minimum absolute atomic E-state index is 0.672. The number of hydrogen-bond acceptors (Lipinski definition) is 5. The van der Waals surface area contributed by atoms with Gasteiger partial charge in [0.1, 0.15) is 10.7 Å². The second kappa shape index (κ2) is 6.09. The lowest BCUT2D eigenvalue weighted by Gasteiger charge is -2.06. The molecule has 2 heterocycles. The molecule has 0 aliphatic carbocycles. The van der Waals surface area contributed by atoms with Gasteiger partial charge in [0, 0.05) is 15.8 Å². The number of halogens is 1. The Bertz CT molecular complexity index is 784. The monoisotopic (exact) mass is 362 g/mol. The second-order valence-corrected chi connectivity index (χ2v) is 6.66. The van der Waals surface area contributed by atoms with Gasteiger partial charge in [-0.1, -0.05) is 41.1 Å². The number of anilines is 1. The van der Waals surface area contributed by atoms with E-state index in [-0.39, 0.29) is 0 Å². The third-order valence-corrected chi connectivity index (χ3v) is 5.23. The molecule has 108 valence electrons. The highest BCUT2D eigenvalue weighted by atomic mass is 79.9. The van der Waals surface area contributed by atoms with Gasteiger partial charge >= 0.3 is 0 Å². The van der Waals surface area contributed by atoms with Gasteiger partial charge in [0.2, 0.25) is 0 Å². The normalized spacial score (nSPS) is 11.0. The quantitative estimate of drug-likeness (QED) is 0.545. The van der Waals surface area contributed by atoms with Crippen LogP contribution < -0.4 is 11.3 Å². The molecule has 0 aliphatic rings. The third kappa shape index (κ3) is 2.92. The lowest BCUT2D eigenvalue weighted by molar-refractivity contribution is 0.989. The van der Waals surface area contributed by atoms with Gasteiger partial charge in [-0.2, -0.15) is 0 Å². The summed E-state index contributed by atoms with van der Waals surface area (Å²) in [7, 11) is 0. The van der Waals surface area contributed by atoms with E-state index in [9.17, 15) is 0 Å². The minimum atomic E-state index is 0.672. The number of nitrogens with two attached hydrogens (primary N) is 1. The van der Waals surface area contributed by atoms with Crippen molar-refractivity contribution in [3.05, 3.63) is 51.1 Å². The van der Waals surface area contributed by atoms with Crippen LogP contribution in [-0.2, 0) is 12.8 Å². The number of rotatable bonds is 4. The smallest absolute Gasteiger partial charge is 0.152 e. The number of aryl methyl sites for hydroxylation is 1. The van der Waals surface area contributed by atoms with Crippen molar-refractivity contribution in [2.75, 3.05) is 5.43 Å². The molecule has 4 nitrogen and oxygen atoms in total. The lowest BCUT2D eigenvalue weighted by Crippen LogP contribution is -2.11. The van der Waals surface area contributed by atoms with E-state index in [0.717, 1.165) is 32.5 Å². The van der Waals surface area contributed by atoms with E-state index in [2.05, 4.69) is 50.4 Å². The summed E-state index contributed by atoms with van der Waals surface area (Å²) in [6.07, 6.45) is 1.66. The molecule has 0 bridgehead atoms. The van der Waals surface area contributed by atoms with E-state index in [1.54, 1.807) is 11.3 Å². The molecule has 0 aliphatic heterocycles. The average Bonchev–Trinajstić information content (AvgIpc) is 2.92. The van der Waals surface area contributed by atoms with Gasteiger partial charge in [-0.15, -0.1) is 11.3 Å². The Labute approximate surface area is 135 Å². The lowest BCUT2D eigenvalue weighted by atomic mass is 10.1. The van der Waals surface area contributed by atoms with Crippen molar-refractivity contribution >= 4 is 43.3 Å². The molecule has 0 saturated carbocycles. The maximum atomic E-state index is 5.61. The molecule has 21 heavy (non-hydrogen) atoms. The van der Waals surface area contributed by atoms with E-state index in [0.29, 0.717) is 12.2 Å². The number of hydrazine groups is 1. The first-order valence-corrected chi connectivity index (χ1v) is 8.31. The van der Waals surface area contributed by atoms with Crippen LogP contribution in [0.4, 0.5) is 5.82 Å². The first-order chi connectivity index (χ1) is 10.2. The topological polar surface area (TPSA) is 63.8 Å². The number of benzene rings is 1. The molecule has 0 fully saturated rings. The van der Waals surface area contributed by atoms with E-state index in [1.807, 2.05) is 18.2 Å². The summed E-state index contributed by atoms with van der Waals surface area (Å²) in [6, 6.07) is 10.2. The fraction of sp³-hybridized carbons (Fsp3) is 0.200. The Hall–Kier alpha value is -1.50. The zero-order valence-corrected chi connectivity index (χ0v) is 14.0. The van der Waals surface area contributed by atoms with E-state index in [4.69, 9.17) is 5.84 Å². The SMILES string of the molecule is CCc1cc2c(NN)nc(Cc3ccccc3Br)nc2s1. The Kier molecular flexibility index (Phi) is 4.19. The summed E-state index contributed by atoms with van der Waals surface area (Å²) in [5.41, 5.74) is 3.85. The Balaban J connectivity index is 2.05. The maximum Gasteiger partial charge on any atom is 0.152 e. The molecule has 0 radical (unpaired) electrons. The van der Waals surface area contributed by atoms with Crippen LogP contribution in [0.25, 0.3) is 10.2 Å². The first-order valence-electron chi connectivity index (χ1n) is 6.70. The number of nitrogens with zero attached hydrogens (tertiary/aromatic N) is 2. The minimum Gasteiger partial charge on any atom is -0.308 e. The van der Waals surface area contributed by atoms with Crippen LogP contribution in [0.3, 0.4) is 0 Å². The molecule has 3 rings (SSSR count). The van der Waals surface area contributed by atoms with Gasteiger partial charge in [0.05, 0.1) is 5.39 Å². The van der Waals surface area contributed by atoms with Crippen molar-refractivity contribution < 1.29 is 0 Å². The standard InChI is InChI=1S/C15H15BrN4S/c1-2-10-8-11-14(20-17)18-13(19-15(11)21-10)7-9-5-3-4-6-12(9)16/h3-6,8H,2,7,17H2,1H3,(H,18,19,20). The largest absolute Gasteiger partial charge is 0.308 e. The molecule has 0 atom stereocenters. The number of fused-ring (bicyclic) bond motifs is 1. The zero-order valence-electron chi connectivity index (χ0n) is 11.6. The number of aromatic nitrogens is 2. The van der Waals surface area contributed by atoms with Crippen molar-refractivity contribution in [2.24, 2.45) is 5.84 Å². The third-order valence-electron chi connectivity index (χ3n) is 3.28. The van der Waals surface area contributed by atoms with Gasteiger partial charge in [-0.25, -0.2) is 15.8 Å². The number of hydrogen-bond donors (Lipinski definition) is 2. The van der Waals surface area contributed by atoms with Crippen molar-refractivity contribution in [1.29, 1.82) is 0 Å². The summed E-state index contributed by atoms with van der Waals surface area (Å²) in [5.74, 6) is 7.08. The van der Waals surface area contributed by atoms with E-state index >= 15 is 0 Å². The fourth-order valence-corrected chi connectivity index (χ4v) is 3.60. The van der Waals surface area contributed by atoms with Crippen LogP contribution >= 0.6 is 27.3 Å². The molecule has 0 amide bonds. The number of nitrogens with one attached hydrogen (secondary N) is 1. The molecule has 0 spiro atoms. The molecule has 0 saturated heterocycles. The summed E-state index contributed by atoms with van der Waals surface area (Å²) in [5, 5.41) is 0.996. The number of nitrogen functional groups attached to an aromatic ring is 1. The highest BCUT2D eigenvalue weighted by Crippen LogP contribution is 2.29. The Morgan fingerprint density at radius 3 is 2.81 bits per heavy atom. The highest BCUT2D eigenvalue weighted by molar-refractivity contribution is 9.10. The van der Waals surface area contributed by atoms with Crippen LogP contribution in [0.5, 0.6) is 0 Å². The van der Waals surface area contributed by atoms with Gasteiger partial charge in [0.15, 0.2) is 5.82 Å². The summed E-state index contributed by atoms with van der Waals surface area (Å²) in [4.78, 5) is 11.5. The molecule has 3 aromatic rings. The first kappa shape index (κ1) is 14.4. The summed E-state index contributed by atoms with van der Waals surface area (Å²) in [6.45, 7) is 2.13. The van der Waals surface area contributed by atoms with Crippen molar-refractivity contribution in [3.8, 4) is 0 Å². The summed E-state index contributed by atoms with van der Waals surface area (Å²) < 4.78 is 1.07. The zero-order chi connectivity index (χ0) is 14.8. The molecular formula is C15H15BrN4S. The van der Waals surface area contributed by atoms with Gasteiger partial charge < -0.3 is 5.43 Å². The Morgan fingerprint density at radius 1 is 1.29 bits per heavy atom. The predicted octanol–water partition coefficient (Wildman–Crippen LogP) is 3.89.